The molecule has 2 aromatic rings. The van der Waals surface area contributed by atoms with Gasteiger partial charge in [0.25, 0.3) is 10.0 Å². The molecule has 1 aliphatic heterocycles. The molecule has 0 aromatic heterocycles. The van der Waals surface area contributed by atoms with Crippen molar-refractivity contribution >= 4 is 33.4 Å². The number of nitrogens with zero attached hydrogens (tertiary/aromatic N) is 1. The minimum Gasteiger partial charge on any atom is -0.489 e. The standard InChI is InChI=1S/C19H18F4N2O5S.C6H13FN2O/c1-18(2,19(21,22)23)30-17(26)24-13-5-8-16-15(11-13)25(9-10-29-16)31(27,28)14-6-3-12(20)4-7-14;1-6(2,7)4(8)5(10)9-3/h3-8,11H,9-10H2,1-2H3,(H,24,26);4H,8H2,1-3H3,(H,9,10). The van der Waals surface area contributed by atoms with Crippen molar-refractivity contribution < 1.29 is 49.4 Å². The van der Waals surface area contributed by atoms with Crippen LogP contribution in [0.3, 0.4) is 0 Å². The van der Waals surface area contributed by atoms with Crippen molar-refractivity contribution in [2.24, 2.45) is 5.73 Å². The Labute approximate surface area is 234 Å². The van der Waals surface area contributed by atoms with Gasteiger partial charge in [-0.15, -0.1) is 0 Å². The molecule has 10 nitrogen and oxygen atoms in total. The van der Waals surface area contributed by atoms with Crippen LogP contribution in [0.4, 0.5) is 38.1 Å². The van der Waals surface area contributed by atoms with Crippen LogP contribution in [0.15, 0.2) is 47.4 Å². The monoisotopic (exact) mass is 610 g/mol. The molecule has 16 heteroatoms. The first-order chi connectivity index (χ1) is 18.7. The number of carbonyl (C=O) groups is 2. The van der Waals surface area contributed by atoms with Gasteiger partial charge in [0, 0.05) is 12.7 Å². The first-order valence-electron chi connectivity index (χ1n) is 12.0. The molecule has 3 rings (SSSR count). The SMILES string of the molecule is CC(C)(OC(=O)Nc1ccc2c(c1)N(S(=O)(=O)c1ccc(F)cc1)CCO2)C(F)(F)F.CNC(=O)C(N)C(C)(C)F. The van der Waals surface area contributed by atoms with E-state index in [9.17, 15) is 40.0 Å². The van der Waals surface area contributed by atoms with Crippen LogP contribution in [0.1, 0.15) is 27.7 Å². The molecule has 0 saturated heterocycles. The quantitative estimate of drug-likeness (QED) is 0.418. The molecule has 0 bridgehead atoms. The normalized spacial score (nSPS) is 14.5. The second-order valence-corrected chi connectivity index (χ2v) is 11.6. The average molecular weight is 611 g/mol. The first-order valence-corrected chi connectivity index (χ1v) is 13.4. The summed E-state index contributed by atoms with van der Waals surface area (Å²) in [4.78, 5) is 22.5. The maximum absolute atomic E-state index is 13.2. The van der Waals surface area contributed by atoms with Crippen LogP contribution in [0.25, 0.3) is 0 Å². The molecule has 0 aliphatic carbocycles. The van der Waals surface area contributed by atoms with Crippen LogP contribution >= 0.6 is 0 Å². The number of amides is 2. The highest BCUT2D eigenvalue weighted by Gasteiger charge is 2.51. The number of sulfonamides is 1. The number of fused-ring (bicyclic) bond motifs is 1. The summed E-state index contributed by atoms with van der Waals surface area (Å²) in [5, 5.41) is 4.42. The number of halogens is 5. The number of alkyl halides is 4. The lowest BCUT2D eigenvalue weighted by atomic mass is 10.0. The number of rotatable bonds is 6. The van der Waals surface area contributed by atoms with Gasteiger partial charge < -0.3 is 20.5 Å². The van der Waals surface area contributed by atoms with Crippen molar-refractivity contribution in [2.75, 3.05) is 29.8 Å². The summed E-state index contributed by atoms with van der Waals surface area (Å²) >= 11 is 0. The Morgan fingerprint density at radius 2 is 1.63 bits per heavy atom. The molecular weight excluding hydrogens is 579 g/mol. The Kier molecular flexibility index (Phi) is 10.2. The third kappa shape index (κ3) is 8.42. The second kappa shape index (κ2) is 12.5. The molecule has 4 N–H and O–H groups in total. The zero-order valence-electron chi connectivity index (χ0n) is 22.8. The van der Waals surface area contributed by atoms with Gasteiger partial charge in [-0.1, -0.05) is 0 Å². The molecule has 0 radical (unpaired) electrons. The Morgan fingerprint density at radius 1 is 1.05 bits per heavy atom. The van der Waals surface area contributed by atoms with Crippen molar-refractivity contribution in [1.29, 1.82) is 0 Å². The van der Waals surface area contributed by atoms with Gasteiger partial charge in [-0.05, 0) is 70.2 Å². The predicted octanol–water partition coefficient (Wildman–Crippen LogP) is 4.11. The number of carbonyl (C=O) groups excluding carboxylic acids is 2. The maximum Gasteiger partial charge on any atom is 0.427 e. The molecule has 0 saturated carbocycles. The van der Waals surface area contributed by atoms with Gasteiger partial charge >= 0.3 is 12.3 Å². The van der Waals surface area contributed by atoms with E-state index < -0.39 is 51.3 Å². The van der Waals surface area contributed by atoms with E-state index in [1.54, 1.807) is 0 Å². The highest BCUT2D eigenvalue weighted by atomic mass is 32.2. The molecule has 41 heavy (non-hydrogen) atoms. The minimum absolute atomic E-state index is 0.00784. The van der Waals surface area contributed by atoms with E-state index in [0.29, 0.717) is 13.8 Å². The van der Waals surface area contributed by atoms with E-state index in [1.807, 2.05) is 0 Å². The fraction of sp³-hybridized carbons (Fsp3) is 0.440. The van der Waals surface area contributed by atoms with Crippen molar-refractivity contribution in [2.45, 2.75) is 56.1 Å². The molecule has 1 atom stereocenters. The number of benzene rings is 2. The van der Waals surface area contributed by atoms with Crippen molar-refractivity contribution in [3.8, 4) is 5.75 Å². The largest absolute Gasteiger partial charge is 0.489 e. The van der Waals surface area contributed by atoms with Gasteiger partial charge in [0.1, 0.15) is 29.9 Å². The van der Waals surface area contributed by atoms with Gasteiger partial charge in [-0.2, -0.15) is 13.2 Å². The average Bonchev–Trinajstić information content (AvgIpc) is 2.86. The zero-order chi connectivity index (χ0) is 31.4. The number of hydrogen-bond donors (Lipinski definition) is 3. The van der Waals surface area contributed by atoms with E-state index in [2.05, 4.69) is 15.4 Å². The van der Waals surface area contributed by atoms with E-state index in [-0.39, 0.29) is 35.2 Å². The topological polar surface area (TPSA) is 140 Å². The van der Waals surface area contributed by atoms with Gasteiger partial charge in [0.05, 0.1) is 17.1 Å². The van der Waals surface area contributed by atoms with Gasteiger partial charge in [-0.25, -0.2) is 22.0 Å². The van der Waals surface area contributed by atoms with Crippen LogP contribution in [-0.4, -0.2) is 64.1 Å². The highest BCUT2D eigenvalue weighted by Crippen LogP contribution is 2.38. The lowest BCUT2D eigenvalue weighted by Gasteiger charge is -2.31. The van der Waals surface area contributed by atoms with E-state index in [4.69, 9.17) is 10.5 Å². The molecule has 228 valence electrons. The highest BCUT2D eigenvalue weighted by molar-refractivity contribution is 7.92. The van der Waals surface area contributed by atoms with Crippen LogP contribution in [0.2, 0.25) is 0 Å². The van der Waals surface area contributed by atoms with Crippen LogP contribution in [0.5, 0.6) is 5.75 Å². The molecular formula is C25H31F5N4O6S. The molecule has 1 heterocycles. The summed E-state index contributed by atoms with van der Waals surface area (Å²) in [5.41, 5.74) is 0.886. The second-order valence-electron chi connectivity index (χ2n) is 9.74. The number of ether oxygens (including phenoxy) is 2. The third-order valence-corrected chi connectivity index (χ3v) is 7.55. The number of nitrogens with one attached hydrogen (secondary N) is 2. The first kappa shape index (κ1) is 33.5. The number of hydrogen-bond acceptors (Lipinski definition) is 7. The van der Waals surface area contributed by atoms with E-state index in [1.165, 1.54) is 39.1 Å². The van der Waals surface area contributed by atoms with Crippen molar-refractivity contribution in [1.82, 2.24) is 5.32 Å². The molecule has 2 aromatic carbocycles. The number of anilines is 2. The lowest BCUT2D eigenvalue weighted by Crippen LogP contribution is -2.50. The van der Waals surface area contributed by atoms with Gasteiger partial charge in [0.15, 0.2) is 0 Å². The number of nitrogens with two attached hydrogens (primary N) is 1. The van der Waals surface area contributed by atoms with Gasteiger partial charge in [-0.3, -0.25) is 14.4 Å². The molecule has 2 amide bonds. The lowest BCUT2D eigenvalue weighted by molar-refractivity contribution is -0.242. The summed E-state index contributed by atoms with van der Waals surface area (Å²) in [6, 6.07) is 7.07. The van der Waals surface area contributed by atoms with Crippen LogP contribution < -0.4 is 25.4 Å². The summed E-state index contributed by atoms with van der Waals surface area (Å²) < 4.78 is 102. The molecule has 0 fully saturated rings. The van der Waals surface area contributed by atoms with Crippen molar-refractivity contribution in [3.63, 3.8) is 0 Å². The Morgan fingerprint density at radius 3 is 2.12 bits per heavy atom. The van der Waals surface area contributed by atoms with Gasteiger partial charge in [0.2, 0.25) is 11.5 Å². The Bertz CT molecular complexity index is 1350. The smallest absolute Gasteiger partial charge is 0.427 e. The molecule has 1 unspecified atom stereocenters. The Hall–Kier alpha value is -3.66. The molecule has 0 spiro atoms. The molecule has 1 aliphatic rings. The summed E-state index contributed by atoms with van der Waals surface area (Å²) in [5.74, 6) is -0.896. The Balaban J connectivity index is 0.000000503. The predicted molar refractivity (Wildman–Crippen MR) is 140 cm³/mol. The van der Waals surface area contributed by atoms with Crippen LogP contribution in [-0.2, 0) is 19.6 Å². The minimum atomic E-state index is -4.78. The van der Waals surface area contributed by atoms with Crippen LogP contribution in [0, 0.1) is 5.82 Å². The fourth-order valence-corrected chi connectivity index (χ4v) is 4.61. The summed E-state index contributed by atoms with van der Waals surface area (Å²) in [7, 11) is -2.67. The zero-order valence-corrected chi connectivity index (χ0v) is 23.6. The van der Waals surface area contributed by atoms with E-state index >= 15 is 0 Å². The fourth-order valence-electron chi connectivity index (χ4n) is 3.15. The van der Waals surface area contributed by atoms with Crippen molar-refractivity contribution in [3.05, 3.63) is 48.3 Å². The number of likely N-dealkylation sites (N-methyl/N-ethyl adjacent to an activating group) is 1. The van der Waals surface area contributed by atoms with E-state index in [0.717, 1.165) is 28.6 Å². The summed E-state index contributed by atoms with van der Waals surface area (Å²) in [6.45, 7) is 3.91. The third-order valence-electron chi connectivity index (χ3n) is 5.73. The maximum atomic E-state index is 13.2. The summed E-state index contributed by atoms with van der Waals surface area (Å²) in [6.07, 6.45) is -6.15.